The zero-order valence-corrected chi connectivity index (χ0v) is 10.6. The lowest BCUT2D eigenvalue weighted by Gasteiger charge is -1.96. The molecule has 0 saturated carbocycles. The molecule has 5 heteroatoms. The monoisotopic (exact) mass is 291 g/mol. The highest BCUT2D eigenvalue weighted by atomic mass is 79.9. The maximum atomic E-state index is 8.46. The summed E-state index contributed by atoms with van der Waals surface area (Å²) in [5, 5.41) is 12.3. The summed E-state index contributed by atoms with van der Waals surface area (Å²) in [5.74, 6) is 1.17. The third kappa shape index (κ3) is 3.40. The van der Waals surface area contributed by atoms with Gasteiger partial charge in [-0.25, -0.2) is 0 Å². The van der Waals surface area contributed by atoms with Gasteiger partial charge >= 0.3 is 0 Å². The van der Waals surface area contributed by atoms with Gasteiger partial charge in [0.05, 0.1) is 6.07 Å². The zero-order valence-electron chi connectivity index (χ0n) is 9.06. The normalized spacial score (nSPS) is 10.1. The molecule has 4 nitrogen and oxygen atoms in total. The van der Waals surface area contributed by atoms with E-state index in [1.54, 1.807) is 0 Å². The van der Waals surface area contributed by atoms with Gasteiger partial charge in [0.15, 0.2) is 5.82 Å². The first-order valence-corrected chi connectivity index (χ1v) is 6.00. The van der Waals surface area contributed by atoms with Crippen LogP contribution in [-0.4, -0.2) is 10.1 Å². The van der Waals surface area contributed by atoms with Gasteiger partial charge in [0.25, 0.3) is 0 Å². The average Bonchev–Trinajstić information content (AvgIpc) is 2.74. The molecule has 17 heavy (non-hydrogen) atoms. The Bertz CT molecular complexity index is 545. The maximum Gasteiger partial charge on any atom is 0.227 e. The molecule has 0 atom stereocenters. The summed E-state index contributed by atoms with van der Waals surface area (Å²) in [4.78, 5) is 4.23. The van der Waals surface area contributed by atoms with E-state index in [0.717, 1.165) is 10.0 Å². The van der Waals surface area contributed by atoms with Crippen molar-refractivity contribution in [2.45, 2.75) is 19.3 Å². The molecule has 1 heterocycles. The Morgan fingerprint density at radius 2 is 2.29 bits per heavy atom. The Labute approximate surface area is 107 Å². The molecule has 1 aromatic carbocycles. The number of hydrogen-bond acceptors (Lipinski definition) is 4. The van der Waals surface area contributed by atoms with Crippen molar-refractivity contribution in [3.05, 3.63) is 46.0 Å². The number of halogens is 1. The fourth-order valence-electron chi connectivity index (χ4n) is 1.46. The van der Waals surface area contributed by atoms with Crippen LogP contribution in [0.5, 0.6) is 0 Å². The summed E-state index contributed by atoms with van der Waals surface area (Å²) < 4.78 is 6.08. The molecule has 0 spiro atoms. The second kappa shape index (κ2) is 5.60. The first-order valence-electron chi connectivity index (χ1n) is 5.21. The SMILES string of the molecule is N#CCCc1nc(Cc2cccc(Br)c2)no1. The number of benzene rings is 1. The Morgan fingerprint density at radius 1 is 1.41 bits per heavy atom. The zero-order chi connectivity index (χ0) is 12.1. The van der Waals surface area contributed by atoms with Gasteiger partial charge < -0.3 is 4.52 Å². The molecule has 0 radical (unpaired) electrons. The minimum absolute atomic E-state index is 0.401. The van der Waals surface area contributed by atoms with Crippen molar-refractivity contribution in [2.75, 3.05) is 0 Å². The number of aryl methyl sites for hydroxylation is 1. The molecule has 0 aliphatic heterocycles. The highest BCUT2D eigenvalue weighted by molar-refractivity contribution is 9.10. The molecule has 0 unspecified atom stereocenters. The van der Waals surface area contributed by atoms with E-state index in [-0.39, 0.29) is 0 Å². The van der Waals surface area contributed by atoms with Crippen LogP contribution in [-0.2, 0) is 12.8 Å². The number of aromatic nitrogens is 2. The first kappa shape index (κ1) is 11.8. The summed E-state index contributed by atoms with van der Waals surface area (Å²) in [5.41, 5.74) is 1.12. The molecule has 2 aromatic rings. The summed E-state index contributed by atoms with van der Waals surface area (Å²) in [6.45, 7) is 0. The molecule has 0 fully saturated rings. The van der Waals surface area contributed by atoms with Crippen LogP contribution < -0.4 is 0 Å². The molecule has 0 saturated heterocycles. The lowest BCUT2D eigenvalue weighted by Crippen LogP contribution is -1.91. The number of nitriles is 1. The number of hydrogen-bond donors (Lipinski definition) is 0. The highest BCUT2D eigenvalue weighted by Gasteiger charge is 2.06. The standard InChI is InChI=1S/C12H10BrN3O/c13-10-4-1-3-9(7-10)8-11-15-12(17-16-11)5-2-6-14/h1,3-4,7H,2,5,8H2. The third-order valence-electron chi connectivity index (χ3n) is 2.21. The Balaban J connectivity index is 2.04. The van der Waals surface area contributed by atoms with E-state index >= 15 is 0 Å². The predicted molar refractivity (Wildman–Crippen MR) is 65.2 cm³/mol. The molecular weight excluding hydrogens is 282 g/mol. The molecule has 0 amide bonds. The molecule has 86 valence electrons. The van der Waals surface area contributed by atoms with Gasteiger partial charge in [0.2, 0.25) is 5.89 Å². The van der Waals surface area contributed by atoms with E-state index in [2.05, 4.69) is 26.1 Å². The summed E-state index contributed by atoms with van der Waals surface area (Å²) in [6.07, 6.45) is 1.55. The largest absolute Gasteiger partial charge is 0.339 e. The van der Waals surface area contributed by atoms with Gasteiger partial charge in [-0.05, 0) is 17.7 Å². The summed E-state index contributed by atoms with van der Waals surface area (Å²) in [6, 6.07) is 10.0. The van der Waals surface area contributed by atoms with E-state index < -0.39 is 0 Å². The van der Waals surface area contributed by atoms with Crippen molar-refractivity contribution < 1.29 is 4.52 Å². The van der Waals surface area contributed by atoms with Crippen LogP contribution in [0.3, 0.4) is 0 Å². The first-order chi connectivity index (χ1) is 8.28. The number of rotatable bonds is 4. The topological polar surface area (TPSA) is 62.7 Å². The molecule has 1 aromatic heterocycles. The summed E-state index contributed by atoms with van der Waals surface area (Å²) in [7, 11) is 0. The van der Waals surface area contributed by atoms with Crippen LogP contribution in [0.1, 0.15) is 23.7 Å². The van der Waals surface area contributed by atoms with Crippen molar-refractivity contribution in [2.24, 2.45) is 0 Å². The van der Waals surface area contributed by atoms with E-state index in [9.17, 15) is 0 Å². The van der Waals surface area contributed by atoms with Crippen molar-refractivity contribution in [3.8, 4) is 6.07 Å². The molecule has 2 rings (SSSR count). The van der Waals surface area contributed by atoms with Crippen LogP contribution >= 0.6 is 15.9 Å². The minimum Gasteiger partial charge on any atom is -0.339 e. The van der Waals surface area contributed by atoms with Crippen LogP contribution in [0.25, 0.3) is 0 Å². The smallest absolute Gasteiger partial charge is 0.227 e. The quantitative estimate of drug-likeness (QED) is 0.869. The van der Waals surface area contributed by atoms with Crippen molar-refractivity contribution in [1.82, 2.24) is 10.1 Å². The van der Waals surface area contributed by atoms with E-state index in [1.807, 2.05) is 30.3 Å². The molecule has 0 bridgehead atoms. The van der Waals surface area contributed by atoms with Gasteiger partial charge in [0.1, 0.15) is 0 Å². The lowest BCUT2D eigenvalue weighted by molar-refractivity contribution is 0.375. The maximum absolute atomic E-state index is 8.46. The Morgan fingerprint density at radius 3 is 3.06 bits per heavy atom. The third-order valence-corrected chi connectivity index (χ3v) is 2.71. The van der Waals surface area contributed by atoms with Crippen LogP contribution in [0.2, 0.25) is 0 Å². The molecule has 0 N–H and O–H groups in total. The van der Waals surface area contributed by atoms with Gasteiger partial charge in [-0.1, -0.05) is 33.2 Å². The van der Waals surface area contributed by atoms with Crippen molar-refractivity contribution in [3.63, 3.8) is 0 Å². The van der Waals surface area contributed by atoms with E-state index in [0.29, 0.717) is 31.0 Å². The van der Waals surface area contributed by atoms with Gasteiger partial charge in [-0.3, -0.25) is 0 Å². The Hall–Kier alpha value is -1.67. The van der Waals surface area contributed by atoms with Gasteiger partial charge in [-0.15, -0.1) is 0 Å². The van der Waals surface area contributed by atoms with Crippen LogP contribution in [0, 0.1) is 11.3 Å². The van der Waals surface area contributed by atoms with Gasteiger partial charge in [-0.2, -0.15) is 10.2 Å². The molecule has 0 aliphatic carbocycles. The molecular formula is C12H10BrN3O. The molecule has 0 aliphatic rings. The van der Waals surface area contributed by atoms with Crippen LogP contribution in [0.4, 0.5) is 0 Å². The average molecular weight is 292 g/mol. The van der Waals surface area contributed by atoms with Crippen molar-refractivity contribution >= 4 is 15.9 Å². The second-order valence-corrected chi connectivity index (χ2v) is 4.48. The lowest BCUT2D eigenvalue weighted by atomic mass is 10.1. The predicted octanol–water partition coefficient (Wildman–Crippen LogP) is 2.88. The van der Waals surface area contributed by atoms with E-state index in [1.165, 1.54) is 0 Å². The van der Waals surface area contributed by atoms with Crippen molar-refractivity contribution in [1.29, 1.82) is 5.26 Å². The minimum atomic E-state index is 0.401. The fourth-order valence-corrected chi connectivity index (χ4v) is 1.90. The van der Waals surface area contributed by atoms with Gasteiger partial charge in [0, 0.05) is 23.7 Å². The summed E-state index contributed by atoms with van der Waals surface area (Å²) >= 11 is 3.41. The van der Waals surface area contributed by atoms with E-state index in [4.69, 9.17) is 9.78 Å². The highest BCUT2D eigenvalue weighted by Crippen LogP contribution is 2.14. The Kier molecular flexibility index (Phi) is 3.89. The van der Waals surface area contributed by atoms with Crippen LogP contribution in [0.15, 0.2) is 33.3 Å². The number of nitrogens with zero attached hydrogens (tertiary/aromatic N) is 3. The fraction of sp³-hybridized carbons (Fsp3) is 0.250. The second-order valence-electron chi connectivity index (χ2n) is 3.57.